The van der Waals surface area contributed by atoms with E-state index in [-0.39, 0.29) is 11.7 Å². The van der Waals surface area contributed by atoms with Gasteiger partial charge in [-0.25, -0.2) is 0 Å². The predicted octanol–water partition coefficient (Wildman–Crippen LogP) is 2.43. The minimum atomic E-state index is -4.58. The second-order valence-electron chi connectivity index (χ2n) is 5.77. The average molecular weight is 328 g/mol. The van der Waals surface area contributed by atoms with E-state index in [1.54, 1.807) is 6.07 Å². The Labute approximate surface area is 131 Å². The molecule has 0 aliphatic carbocycles. The van der Waals surface area contributed by atoms with E-state index in [2.05, 4.69) is 25.5 Å². The maximum Gasteiger partial charge on any atom is 0.453 e. The number of hydrogen-bond acceptors (Lipinski definition) is 5. The predicted molar refractivity (Wildman–Crippen MR) is 79.2 cm³/mol. The van der Waals surface area contributed by atoms with Gasteiger partial charge in [-0.1, -0.05) is 6.92 Å². The number of anilines is 1. The van der Waals surface area contributed by atoms with Gasteiger partial charge in [-0.3, -0.25) is 0 Å². The topological polar surface area (TPSA) is 58.3 Å². The van der Waals surface area contributed by atoms with Crippen molar-refractivity contribution in [2.24, 2.45) is 0 Å². The second kappa shape index (κ2) is 6.31. The van der Waals surface area contributed by atoms with Crippen LogP contribution in [0, 0.1) is 0 Å². The number of fused-ring (bicyclic) bond motifs is 1. The SMILES string of the molecule is CCC(CN1CCCC1)Nc1ccc2nnc(C(F)(F)F)n2n1. The molecule has 0 spiro atoms. The van der Waals surface area contributed by atoms with E-state index >= 15 is 0 Å². The molecule has 2 aromatic rings. The minimum absolute atomic E-state index is 0.0791. The molecule has 23 heavy (non-hydrogen) atoms. The Hall–Kier alpha value is -1.90. The summed E-state index contributed by atoms with van der Waals surface area (Å²) in [6, 6.07) is 3.26. The van der Waals surface area contributed by atoms with Crippen molar-refractivity contribution < 1.29 is 13.2 Å². The number of nitrogens with one attached hydrogen (secondary N) is 1. The Bertz CT molecular complexity index is 662. The molecule has 1 atom stereocenters. The molecule has 6 nitrogen and oxygen atoms in total. The van der Waals surface area contributed by atoms with Crippen molar-refractivity contribution in [3.8, 4) is 0 Å². The molecule has 126 valence electrons. The normalized spacial score (nSPS) is 17.7. The summed E-state index contributed by atoms with van der Waals surface area (Å²) in [5, 5.41) is 13.9. The van der Waals surface area contributed by atoms with Gasteiger partial charge in [0.1, 0.15) is 5.82 Å². The third-order valence-electron chi connectivity index (χ3n) is 4.04. The molecule has 1 fully saturated rings. The monoisotopic (exact) mass is 328 g/mol. The molecule has 1 aliphatic heterocycles. The molecule has 1 unspecified atom stereocenters. The van der Waals surface area contributed by atoms with Crippen LogP contribution in [0.2, 0.25) is 0 Å². The fraction of sp³-hybridized carbons (Fsp3) is 0.643. The number of nitrogens with zero attached hydrogens (tertiary/aromatic N) is 5. The number of rotatable bonds is 5. The highest BCUT2D eigenvalue weighted by Gasteiger charge is 2.37. The zero-order valence-electron chi connectivity index (χ0n) is 12.8. The first kappa shape index (κ1) is 16.0. The summed E-state index contributed by atoms with van der Waals surface area (Å²) in [4.78, 5) is 2.36. The molecular weight excluding hydrogens is 309 g/mol. The van der Waals surface area contributed by atoms with Crippen LogP contribution in [0.3, 0.4) is 0 Å². The molecule has 9 heteroatoms. The van der Waals surface area contributed by atoms with Crippen molar-refractivity contribution in [1.29, 1.82) is 0 Å². The Balaban J connectivity index is 1.78. The highest BCUT2D eigenvalue weighted by Crippen LogP contribution is 2.27. The van der Waals surface area contributed by atoms with Gasteiger partial charge in [-0.05, 0) is 44.5 Å². The van der Waals surface area contributed by atoms with E-state index in [0.717, 1.165) is 30.6 Å². The van der Waals surface area contributed by atoms with Crippen molar-refractivity contribution >= 4 is 11.5 Å². The van der Waals surface area contributed by atoms with Gasteiger partial charge in [-0.2, -0.15) is 17.7 Å². The molecule has 2 aromatic heterocycles. The number of hydrogen-bond donors (Lipinski definition) is 1. The van der Waals surface area contributed by atoms with Crippen LogP contribution in [0.15, 0.2) is 12.1 Å². The van der Waals surface area contributed by atoms with Crippen molar-refractivity contribution in [3.63, 3.8) is 0 Å². The largest absolute Gasteiger partial charge is 0.453 e. The van der Waals surface area contributed by atoms with Crippen molar-refractivity contribution in [2.75, 3.05) is 25.0 Å². The van der Waals surface area contributed by atoms with E-state index < -0.39 is 12.0 Å². The highest BCUT2D eigenvalue weighted by molar-refractivity contribution is 5.44. The number of alkyl halides is 3. The number of halogens is 3. The first-order chi connectivity index (χ1) is 11.0. The lowest BCUT2D eigenvalue weighted by Gasteiger charge is -2.23. The summed E-state index contributed by atoms with van der Waals surface area (Å²) >= 11 is 0. The third-order valence-corrected chi connectivity index (χ3v) is 4.04. The molecule has 3 rings (SSSR count). The van der Waals surface area contributed by atoms with Crippen LogP contribution in [0.25, 0.3) is 5.65 Å². The van der Waals surface area contributed by atoms with Gasteiger partial charge in [0.25, 0.3) is 5.82 Å². The molecule has 1 N–H and O–H groups in total. The van der Waals surface area contributed by atoms with E-state index in [4.69, 9.17) is 0 Å². The zero-order chi connectivity index (χ0) is 16.4. The van der Waals surface area contributed by atoms with Gasteiger partial charge in [0.2, 0.25) is 0 Å². The van der Waals surface area contributed by atoms with Crippen LogP contribution in [0.5, 0.6) is 0 Å². The molecule has 0 amide bonds. The van der Waals surface area contributed by atoms with Crippen molar-refractivity contribution in [2.45, 2.75) is 38.4 Å². The molecular formula is C14H19F3N6. The Morgan fingerprint density at radius 2 is 1.96 bits per heavy atom. The summed E-state index contributed by atoms with van der Waals surface area (Å²) in [6.07, 6.45) is -1.30. The maximum absolute atomic E-state index is 12.9. The number of likely N-dealkylation sites (tertiary alicyclic amines) is 1. The van der Waals surface area contributed by atoms with Crippen LogP contribution in [0.4, 0.5) is 19.0 Å². The number of aromatic nitrogens is 4. The highest BCUT2D eigenvalue weighted by atomic mass is 19.4. The maximum atomic E-state index is 12.9. The van der Waals surface area contributed by atoms with Crippen LogP contribution in [-0.2, 0) is 6.18 Å². The van der Waals surface area contributed by atoms with Crippen LogP contribution < -0.4 is 5.32 Å². The van der Waals surface area contributed by atoms with Crippen LogP contribution in [0.1, 0.15) is 32.0 Å². The van der Waals surface area contributed by atoms with Gasteiger partial charge in [-0.15, -0.1) is 15.3 Å². The third kappa shape index (κ3) is 3.54. The lowest BCUT2D eigenvalue weighted by atomic mass is 10.2. The Morgan fingerprint density at radius 1 is 1.22 bits per heavy atom. The summed E-state index contributed by atoms with van der Waals surface area (Å²) in [5.41, 5.74) is 0.0791. The van der Waals surface area contributed by atoms with E-state index in [0.29, 0.717) is 5.82 Å². The lowest BCUT2D eigenvalue weighted by Crippen LogP contribution is -2.35. The second-order valence-corrected chi connectivity index (χ2v) is 5.77. The van der Waals surface area contributed by atoms with Gasteiger partial charge in [0, 0.05) is 12.6 Å². The summed E-state index contributed by atoms with van der Waals surface area (Å²) in [7, 11) is 0. The van der Waals surface area contributed by atoms with E-state index in [1.165, 1.54) is 18.9 Å². The minimum Gasteiger partial charge on any atom is -0.365 e. The van der Waals surface area contributed by atoms with E-state index in [9.17, 15) is 13.2 Å². The van der Waals surface area contributed by atoms with Crippen molar-refractivity contribution in [3.05, 3.63) is 18.0 Å². The van der Waals surface area contributed by atoms with Crippen LogP contribution >= 0.6 is 0 Å². The summed E-state index contributed by atoms with van der Waals surface area (Å²) in [6.45, 7) is 5.07. The fourth-order valence-electron chi connectivity index (χ4n) is 2.81. The molecule has 1 saturated heterocycles. The Morgan fingerprint density at radius 3 is 2.61 bits per heavy atom. The summed E-state index contributed by atoms with van der Waals surface area (Å²) < 4.78 is 39.4. The quantitative estimate of drug-likeness (QED) is 0.913. The zero-order valence-corrected chi connectivity index (χ0v) is 12.8. The average Bonchev–Trinajstić information content (AvgIpc) is 3.14. The van der Waals surface area contributed by atoms with Crippen LogP contribution in [-0.4, -0.2) is 50.4 Å². The molecule has 0 aromatic carbocycles. The van der Waals surface area contributed by atoms with Gasteiger partial charge < -0.3 is 10.2 Å². The standard InChI is InChI=1S/C14H19F3N6/c1-2-10(9-22-7-3-4-8-22)18-11-5-6-12-19-20-13(14(15,16)17)23(12)21-11/h5-6,10H,2-4,7-9H2,1H3,(H,18,21). The van der Waals surface area contributed by atoms with Crippen molar-refractivity contribution in [1.82, 2.24) is 24.7 Å². The molecule has 1 aliphatic rings. The molecule has 0 bridgehead atoms. The summed E-state index contributed by atoms with van der Waals surface area (Å²) in [5.74, 6) is -0.711. The lowest BCUT2D eigenvalue weighted by molar-refractivity contribution is -0.146. The van der Waals surface area contributed by atoms with E-state index in [1.807, 2.05) is 6.92 Å². The van der Waals surface area contributed by atoms with Gasteiger partial charge in [0.15, 0.2) is 5.65 Å². The molecule has 0 radical (unpaired) electrons. The van der Waals surface area contributed by atoms with Gasteiger partial charge in [0.05, 0.1) is 0 Å². The molecule has 3 heterocycles. The first-order valence-electron chi connectivity index (χ1n) is 7.76. The Kier molecular flexibility index (Phi) is 4.38. The van der Waals surface area contributed by atoms with Gasteiger partial charge >= 0.3 is 6.18 Å². The molecule has 0 saturated carbocycles. The fourth-order valence-corrected chi connectivity index (χ4v) is 2.81. The first-order valence-corrected chi connectivity index (χ1v) is 7.76. The smallest absolute Gasteiger partial charge is 0.365 e.